The highest BCUT2D eigenvalue weighted by atomic mass is 31.2. The fraction of sp³-hybridized carbons (Fsp3) is 0.500. The minimum atomic E-state index is -5.07. The summed E-state index contributed by atoms with van der Waals surface area (Å²) in [5.41, 5.74) is -4.22. The largest absolute Gasteiger partial charge is 0.507 e. The molecule has 0 spiro atoms. The Labute approximate surface area is 296 Å². The molecular formula is C30H39NO19P2. The van der Waals surface area contributed by atoms with Crippen LogP contribution in [-0.2, 0) is 58.6 Å². The average Bonchev–Trinajstić information content (AvgIpc) is 3.09. The van der Waals surface area contributed by atoms with E-state index in [2.05, 4.69) is 43.6 Å². The Morgan fingerprint density at radius 2 is 1.44 bits per heavy atom. The molecule has 6 N–H and O–H groups in total. The van der Waals surface area contributed by atoms with Crippen LogP contribution in [0.3, 0.4) is 0 Å². The van der Waals surface area contributed by atoms with Crippen molar-refractivity contribution >= 4 is 32.5 Å². The van der Waals surface area contributed by atoms with Crippen molar-refractivity contribution in [3.63, 3.8) is 0 Å². The molecular weight excluding hydrogens is 740 g/mol. The number of methoxy groups -OCH3 is 1. The van der Waals surface area contributed by atoms with Gasteiger partial charge >= 0.3 is 15.2 Å². The maximum Gasteiger partial charge on any atom is 0.428 e. The van der Waals surface area contributed by atoms with Crippen LogP contribution < -0.4 is 10.1 Å². The van der Waals surface area contributed by atoms with Gasteiger partial charge in [0.1, 0.15) is 22.8 Å². The molecule has 0 aromatic heterocycles. The van der Waals surface area contributed by atoms with E-state index in [4.69, 9.17) is 4.74 Å². The molecule has 0 heterocycles. The van der Waals surface area contributed by atoms with Gasteiger partial charge in [0.25, 0.3) is 5.08 Å². The van der Waals surface area contributed by atoms with Gasteiger partial charge in [-0.05, 0) is 25.5 Å². The van der Waals surface area contributed by atoms with Crippen LogP contribution in [0.5, 0.6) is 17.2 Å². The van der Waals surface area contributed by atoms with Crippen LogP contribution in [0.25, 0.3) is 0 Å². The molecule has 2 aliphatic carbocycles. The summed E-state index contributed by atoms with van der Waals surface area (Å²) in [6.07, 6.45) is -3.77. The first-order valence-electron chi connectivity index (χ1n) is 15.4. The molecule has 2 aliphatic rings. The van der Waals surface area contributed by atoms with E-state index in [1.807, 2.05) is 0 Å². The summed E-state index contributed by atoms with van der Waals surface area (Å²) < 4.78 is 50.5. The number of phenolic OH excluding ortho intramolecular Hbond substituents is 2. The first kappa shape index (κ1) is 41.6. The predicted molar refractivity (Wildman–Crippen MR) is 172 cm³/mol. The molecule has 0 saturated carbocycles. The molecule has 4 rings (SSSR count). The number of benzene rings is 2. The SMILES string of the molecule is COOP(=O)(OOC)C(O)(CCCCNCC(=O)C1(O)Cc2c(O)c3c(c(O)c2C(O)C1)C(=O)c1c(OC)cccc1C3=O)P(=O)(OOC)OOC. The van der Waals surface area contributed by atoms with Crippen LogP contribution in [0, 0.1) is 0 Å². The third-order valence-electron chi connectivity index (χ3n) is 8.58. The highest BCUT2D eigenvalue weighted by Crippen LogP contribution is 2.78. The molecule has 2 aromatic rings. The standard InChI is InChI=1S/C30H39NO19P2/c1-42-19-10-8-9-16-22(19)28(37)24-23(25(16)34)26(35)17-13-29(38,14-18(32)21(17)27(24)36)20(33)15-31-12-7-6-11-30(39,51(40,47-43-2)48-44-3)52(41,49-45-4)50-46-5/h8-10,18,31-32,35-36,38-39H,6-7,11-15H2,1-5H3. The number of hydrogen-bond donors (Lipinski definition) is 6. The zero-order chi connectivity index (χ0) is 38.6. The van der Waals surface area contributed by atoms with E-state index in [1.54, 1.807) is 0 Å². The summed E-state index contributed by atoms with van der Waals surface area (Å²) in [4.78, 5) is 57.9. The van der Waals surface area contributed by atoms with Crippen molar-refractivity contribution in [3.8, 4) is 17.2 Å². The minimum absolute atomic E-state index is 0.00276. The van der Waals surface area contributed by atoms with E-state index in [0.29, 0.717) is 0 Å². The van der Waals surface area contributed by atoms with E-state index in [9.17, 15) is 49.0 Å². The zero-order valence-corrected chi connectivity index (χ0v) is 30.4. The fourth-order valence-corrected chi connectivity index (χ4v) is 9.99. The Hall–Kier alpha value is -3.17. The van der Waals surface area contributed by atoms with E-state index >= 15 is 0 Å². The predicted octanol–water partition coefficient (Wildman–Crippen LogP) is 2.27. The molecule has 0 amide bonds. The molecule has 2 unspecified atom stereocenters. The minimum Gasteiger partial charge on any atom is -0.507 e. The lowest BCUT2D eigenvalue weighted by molar-refractivity contribution is -0.264. The van der Waals surface area contributed by atoms with Gasteiger partial charge in [-0.15, -0.1) is 18.7 Å². The van der Waals surface area contributed by atoms with Crippen molar-refractivity contribution in [2.75, 3.05) is 48.6 Å². The number of fused-ring (bicyclic) bond motifs is 3. The smallest absolute Gasteiger partial charge is 0.428 e. The highest BCUT2D eigenvalue weighted by Gasteiger charge is 2.68. The lowest BCUT2D eigenvalue weighted by Gasteiger charge is -2.37. The number of unbranched alkanes of at least 4 members (excludes halogenated alkanes) is 1. The topological polar surface area (TPSA) is 282 Å². The number of phenols is 2. The molecule has 2 atom stereocenters. The molecule has 0 fully saturated rings. The summed E-state index contributed by atoms with van der Waals surface area (Å²) in [6.45, 7) is -0.502. The van der Waals surface area contributed by atoms with Crippen LogP contribution in [-0.4, -0.2) is 102 Å². The average molecular weight is 780 g/mol. The second-order valence-electron chi connectivity index (χ2n) is 11.6. The quantitative estimate of drug-likeness (QED) is 0.0334. The summed E-state index contributed by atoms with van der Waals surface area (Å²) in [7, 11) is -5.19. The molecule has 288 valence electrons. The van der Waals surface area contributed by atoms with Gasteiger partial charge in [-0.3, -0.25) is 23.5 Å². The monoisotopic (exact) mass is 779 g/mol. The van der Waals surface area contributed by atoms with Crippen molar-refractivity contribution in [3.05, 3.63) is 51.6 Å². The van der Waals surface area contributed by atoms with E-state index in [-0.39, 0.29) is 47.4 Å². The maximum absolute atomic E-state index is 13.5. The lowest BCUT2D eigenvalue weighted by Crippen LogP contribution is -2.49. The Morgan fingerprint density at radius 3 is 1.98 bits per heavy atom. The van der Waals surface area contributed by atoms with Crippen LogP contribution in [0.1, 0.15) is 74.8 Å². The van der Waals surface area contributed by atoms with Gasteiger partial charge in [0.05, 0.1) is 64.9 Å². The van der Waals surface area contributed by atoms with Crippen molar-refractivity contribution in [1.29, 1.82) is 0 Å². The maximum atomic E-state index is 13.5. The molecule has 52 heavy (non-hydrogen) atoms. The van der Waals surface area contributed by atoms with Gasteiger partial charge in [0.15, 0.2) is 11.6 Å². The number of hydrogen-bond acceptors (Lipinski definition) is 20. The van der Waals surface area contributed by atoms with Gasteiger partial charge in [-0.25, -0.2) is 19.6 Å². The van der Waals surface area contributed by atoms with Crippen molar-refractivity contribution < 1.29 is 92.0 Å². The number of carbonyl (C=O) groups excluding carboxylic acids is 3. The van der Waals surface area contributed by atoms with Crippen molar-refractivity contribution in [1.82, 2.24) is 5.32 Å². The van der Waals surface area contributed by atoms with Gasteiger partial charge < -0.3 is 35.6 Å². The summed E-state index contributed by atoms with van der Waals surface area (Å²) in [5.74, 6) is -3.99. The number of ether oxygens (including phenoxy) is 1. The summed E-state index contributed by atoms with van der Waals surface area (Å²) >= 11 is 0. The number of rotatable bonds is 19. The number of aromatic hydroxyl groups is 2. The molecule has 0 aliphatic heterocycles. The molecule has 0 bridgehead atoms. The molecule has 22 heteroatoms. The Balaban J connectivity index is 1.49. The normalized spacial score (nSPS) is 18.9. The summed E-state index contributed by atoms with van der Waals surface area (Å²) in [6, 6.07) is 4.25. The number of aliphatic hydroxyl groups excluding tert-OH is 1. The highest BCUT2D eigenvalue weighted by molar-refractivity contribution is 7.73. The Bertz CT molecular complexity index is 1750. The lowest BCUT2D eigenvalue weighted by atomic mass is 9.72. The van der Waals surface area contributed by atoms with Crippen LogP contribution in [0.2, 0.25) is 0 Å². The number of ketones is 3. The van der Waals surface area contributed by atoms with Gasteiger partial charge in [0.2, 0.25) is 5.78 Å². The van der Waals surface area contributed by atoms with Crippen molar-refractivity contribution in [2.24, 2.45) is 0 Å². The number of Topliss-reactive ketones (excluding diaryl/α,β-unsaturated/α-hetero) is 1. The van der Waals surface area contributed by atoms with E-state index in [1.165, 1.54) is 25.3 Å². The van der Waals surface area contributed by atoms with Crippen LogP contribution >= 0.6 is 15.2 Å². The van der Waals surface area contributed by atoms with E-state index < -0.39 is 97.8 Å². The van der Waals surface area contributed by atoms with Gasteiger partial charge in [0, 0.05) is 36.0 Å². The fourth-order valence-electron chi connectivity index (χ4n) is 6.21. The van der Waals surface area contributed by atoms with Crippen molar-refractivity contribution in [2.45, 2.75) is 48.9 Å². The number of aliphatic hydroxyl groups is 3. The second-order valence-corrected chi connectivity index (χ2v) is 16.0. The number of nitrogens with one attached hydrogen (secondary N) is 1. The molecule has 0 saturated heterocycles. The first-order valence-corrected chi connectivity index (χ1v) is 18.5. The summed E-state index contributed by atoms with van der Waals surface area (Å²) in [5, 5.41) is 55.9. The zero-order valence-electron chi connectivity index (χ0n) is 28.6. The molecule has 2 aromatic carbocycles. The van der Waals surface area contributed by atoms with Gasteiger partial charge in [-0.1, -0.05) is 12.1 Å². The Kier molecular flexibility index (Phi) is 13.2. The second kappa shape index (κ2) is 16.5. The van der Waals surface area contributed by atoms with Gasteiger partial charge in [-0.2, -0.15) is 0 Å². The third-order valence-corrected chi connectivity index (χ3v) is 13.6. The third kappa shape index (κ3) is 7.21. The number of carbonyl (C=O) groups is 3. The van der Waals surface area contributed by atoms with E-state index in [0.717, 1.165) is 28.4 Å². The molecule has 0 radical (unpaired) electrons. The Morgan fingerprint density at radius 1 is 0.885 bits per heavy atom. The molecule has 20 nitrogen and oxygen atoms in total. The van der Waals surface area contributed by atoms with Crippen LogP contribution in [0.15, 0.2) is 18.2 Å². The van der Waals surface area contributed by atoms with Crippen LogP contribution in [0.4, 0.5) is 0 Å². The first-order chi connectivity index (χ1) is 24.5.